The number of aryl methyl sites for hydroxylation is 1. The van der Waals surface area contributed by atoms with Gasteiger partial charge in [0.15, 0.2) is 5.69 Å². The third kappa shape index (κ3) is 4.27. The Bertz CT molecular complexity index is 1180. The zero-order chi connectivity index (χ0) is 21.4. The van der Waals surface area contributed by atoms with Crippen molar-refractivity contribution in [3.63, 3.8) is 0 Å². The van der Waals surface area contributed by atoms with E-state index >= 15 is 0 Å². The van der Waals surface area contributed by atoms with Gasteiger partial charge in [0.05, 0.1) is 9.90 Å². The van der Waals surface area contributed by atoms with Gasteiger partial charge < -0.3 is 5.11 Å². The fraction of sp³-hybridized carbons (Fsp3) is 0.318. The number of rotatable bonds is 5. The molecule has 0 atom stereocenters. The molecule has 0 bridgehead atoms. The minimum Gasteiger partial charge on any atom is -0.476 e. The summed E-state index contributed by atoms with van der Waals surface area (Å²) in [5.74, 6) is 5.26. The lowest BCUT2D eigenvalue weighted by Crippen LogP contribution is -2.09. The molecule has 1 saturated carbocycles. The first kappa shape index (κ1) is 20.6. The highest BCUT2D eigenvalue weighted by Crippen LogP contribution is 2.37. The van der Waals surface area contributed by atoms with E-state index in [9.17, 15) is 14.3 Å². The summed E-state index contributed by atoms with van der Waals surface area (Å²) in [6, 6.07) is 5.87. The molecule has 0 spiro atoms. The topological polar surface area (TPSA) is 68.0 Å². The first-order chi connectivity index (χ1) is 14.3. The van der Waals surface area contributed by atoms with E-state index in [1.807, 2.05) is 0 Å². The number of thiazole rings is 1. The molecule has 1 aliphatic carbocycles. The fourth-order valence-electron chi connectivity index (χ4n) is 3.01. The van der Waals surface area contributed by atoms with Crippen LogP contribution in [0.2, 0.25) is 0 Å². The van der Waals surface area contributed by atoms with Gasteiger partial charge in [0, 0.05) is 16.7 Å². The van der Waals surface area contributed by atoms with Gasteiger partial charge in [0.2, 0.25) is 5.13 Å². The molecular weight excluding hydrogens is 421 g/mol. The van der Waals surface area contributed by atoms with E-state index in [1.54, 1.807) is 30.8 Å². The minimum absolute atomic E-state index is 0.0327. The molecular formula is C22H20FN3O2S2. The summed E-state index contributed by atoms with van der Waals surface area (Å²) in [6.07, 6.45) is 2.24. The number of aromatic carboxylic acids is 1. The Morgan fingerprint density at radius 3 is 2.80 bits per heavy atom. The van der Waals surface area contributed by atoms with E-state index in [0.29, 0.717) is 38.8 Å². The molecule has 3 aromatic rings. The molecule has 4 rings (SSSR count). The Kier molecular flexibility index (Phi) is 5.67. The Morgan fingerprint density at radius 2 is 2.17 bits per heavy atom. The van der Waals surface area contributed by atoms with E-state index in [0.717, 1.165) is 17.1 Å². The second-order valence-electron chi connectivity index (χ2n) is 7.38. The van der Waals surface area contributed by atoms with Crippen LogP contribution < -0.4 is 0 Å². The van der Waals surface area contributed by atoms with Crippen LogP contribution >= 0.6 is 23.1 Å². The summed E-state index contributed by atoms with van der Waals surface area (Å²) < 4.78 is 16.1. The SMILES string of the molecule is Cc1nn(-c2nc(C#CC3CC3)c(SC(C)C)s2)c(C(=O)O)c1-c1cccc(F)c1. The number of hydrogen-bond acceptors (Lipinski definition) is 5. The van der Waals surface area contributed by atoms with E-state index in [-0.39, 0.29) is 5.69 Å². The number of thioether (sulfide) groups is 1. The predicted molar refractivity (Wildman–Crippen MR) is 117 cm³/mol. The third-order valence-corrected chi connectivity index (χ3v) is 6.70. The summed E-state index contributed by atoms with van der Waals surface area (Å²) in [7, 11) is 0. The van der Waals surface area contributed by atoms with Crippen LogP contribution in [-0.2, 0) is 0 Å². The number of carboxylic acids is 1. The average molecular weight is 442 g/mol. The van der Waals surface area contributed by atoms with E-state index in [2.05, 4.69) is 35.8 Å². The molecule has 30 heavy (non-hydrogen) atoms. The molecule has 2 heterocycles. The standard InChI is InChI=1S/C22H20FN3O2S2/c1-12(2)29-21-17(10-9-14-7-8-14)24-22(30-21)26-19(20(27)28)18(13(3)25-26)15-5-4-6-16(23)11-15/h4-6,11-12,14H,7-8H2,1-3H3,(H,27,28). The summed E-state index contributed by atoms with van der Waals surface area (Å²) >= 11 is 3.03. The Balaban J connectivity index is 1.85. The van der Waals surface area contributed by atoms with Gasteiger partial charge in [-0.05, 0) is 43.4 Å². The van der Waals surface area contributed by atoms with Gasteiger partial charge in [-0.2, -0.15) is 9.78 Å². The van der Waals surface area contributed by atoms with Crippen molar-refractivity contribution in [2.24, 2.45) is 5.92 Å². The molecule has 8 heteroatoms. The maximum Gasteiger partial charge on any atom is 0.355 e. The molecule has 1 N–H and O–H groups in total. The zero-order valence-corrected chi connectivity index (χ0v) is 18.4. The zero-order valence-electron chi connectivity index (χ0n) is 16.8. The Labute approximate surface area is 182 Å². The molecule has 0 unspecified atom stereocenters. The second kappa shape index (κ2) is 8.25. The molecule has 1 fully saturated rings. The summed E-state index contributed by atoms with van der Waals surface area (Å²) in [6.45, 7) is 5.89. The number of hydrogen-bond donors (Lipinski definition) is 1. The van der Waals surface area contributed by atoms with Crippen LogP contribution in [0, 0.1) is 30.5 Å². The first-order valence-electron chi connectivity index (χ1n) is 9.61. The largest absolute Gasteiger partial charge is 0.476 e. The average Bonchev–Trinajstić information content (AvgIpc) is 3.32. The molecule has 0 amide bonds. The van der Waals surface area contributed by atoms with Crippen LogP contribution in [0.3, 0.4) is 0 Å². The monoisotopic (exact) mass is 441 g/mol. The quantitative estimate of drug-likeness (QED) is 0.424. The van der Waals surface area contributed by atoms with Crippen LogP contribution in [-0.4, -0.2) is 31.1 Å². The van der Waals surface area contributed by atoms with Gasteiger partial charge in [0.1, 0.15) is 11.5 Å². The van der Waals surface area contributed by atoms with Gasteiger partial charge in [-0.15, -0.1) is 11.8 Å². The molecule has 0 aliphatic heterocycles. The third-order valence-electron chi connectivity index (χ3n) is 4.46. The predicted octanol–water partition coefficient (Wildman–Crippen LogP) is 5.40. The van der Waals surface area contributed by atoms with Gasteiger partial charge in [0.25, 0.3) is 0 Å². The Morgan fingerprint density at radius 1 is 1.40 bits per heavy atom. The summed E-state index contributed by atoms with van der Waals surface area (Å²) in [5.41, 5.74) is 1.99. The lowest BCUT2D eigenvalue weighted by Gasteiger charge is -2.04. The van der Waals surface area contributed by atoms with Gasteiger partial charge >= 0.3 is 5.97 Å². The lowest BCUT2D eigenvalue weighted by atomic mass is 10.0. The Hall–Kier alpha value is -2.63. The van der Waals surface area contributed by atoms with Crippen molar-refractivity contribution < 1.29 is 14.3 Å². The van der Waals surface area contributed by atoms with Gasteiger partial charge in [-0.1, -0.05) is 43.2 Å². The normalized spacial score (nSPS) is 13.4. The number of carboxylic acid groups (broad SMARTS) is 1. The smallest absolute Gasteiger partial charge is 0.355 e. The maximum absolute atomic E-state index is 13.8. The molecule has 1 aromatic carbocycles. The van der Waals surface area contributed by atoms with Crippen LogP contribution in [0.1, 0.15) is 48.6 Å². The first-order valence-corrected chi connectivity index (χ1v) is 11.3. The maximum atomic E-state index is 13.8. The number of halogens is 1. The van der Waals surface area contributed by atoms with Crippen molar-refractivity contribution >= 4 is 29.1 Å². The van der Waals surface area contributed by atoms with Crippen LogP contribution in [0.25, 0.3) is 16.3 Å². The van der Waals surface area contributed by atoms with Crippen molar-refractivity contribution in [1.29, 1.82) is 0 Å². The molecule has 0 saturated heterocycles. The summed E-state index contributed by atoms with van der Waals surface area (Å²) in [4.78, 5) is 16.8. The molecule has 1 aliphatic rings. The fourth-order valence-corrected chi connectivity index (χ4v) is 5.35. The highest BCUT2D eigenvalue weighted by molar-refractivity contribution is 8.01. The summed E-state index contributed by atoms with van der Waals surface area (Å²) in [5, 5.41) is 15.2. The number of nitrogens with zero attached hydrogens (tertiary/aromatic N) is 3. The van der Waals surface area contributed by atoms with Gasteiger partial charge in [-0.25, -0.2) is 14.2 Å². The van der Waals surface area contributed by atoms with Crippen molar-refractivity contribution in [1.82, 2.24) is 14.8 Å². The van der Waals surface area contributed by atoms with Crippen molar-refractivity contribution in [2.75, 3.05) is 0 Å². The lowest BCUT2D eigenvalue weighted by molar-refractivity contribution is 0.0688. The second-order valence-corrected chi connectivity index (χ2v) is 10.2. The highest BCUT2D eigenvalue weighted by Gasteiger charge is 2.26. The van der Waals surface area contributed by atoms with Crippen LogP contribution in [0.15, 0.2) is 28.5 Å². The number of carbonyl (C=O) groups is 1. The molecule has 154 valence electrons. The van der Waals surface area contributed by atoms with E-state index in [4.69, 9.17) is 0 Å². The molecule has 2 aromatic heterocycles. The van der Waals surface area contributed by atoms with Gasteiger partial charge in [-0.3, -0.25) is 0 Å². The van der Waals surface area contributed by atoms with Crippen LogP contribution in [0.5, 0.6) is 0 Å². The van der Waals surface area contributed by atoms with Crippen LogP contribution in [0.4, 0.5) is 4.39 Å². The minimum atomic E-state index is -1.14. The molecule has 5 nitrogen and oxygen atoms in total. The highest BCUT2D eigenvalue weighted by atomic mass is 32.2. The molecule has 0 radical (unpaired) electrons. The van der Waals surface area contributed by atoms with Crippen molar-refractivity contribution in [2.45, 2.75) is 43.1 Å². The van der Waals surface area contributed by atoms with Crippen molar-refractivity contribution in [3.8, 4) is 28.1 Å². The van der Waals surface area contributed by atoms with Crippen molar-refractivity contribution in [3.05, 3.63) is 47.2 Å². The number of benzene rings is 1. The van der Waals surface area contributed by atoms with E-state index < -0.39 is 11.8 Å². The van der Waals surface area contributed by atoms with E-state index in [1.165, 1.54) is 28.2 Å². The number of aromatic nitrogens is 3.